The number of phosphoric acid groups is 1. The van der Waals surface area contributed by atoms with Crippen molar-refractivity contribution in [3.63, 3.8) is 0 Å². The number of hydrogen-bond acceptors (Lipinski definition) is 6. The number of nitrogens with zero attached hydrogens (tertiary/aromatic N) is 1. The summed E-state index contributed by atoms with van der Waals surface area (Å²) in [5.74, 6) is -0.588. The summed E-state index contributed by atoms with van der Waals surface area (Å²) < 4.78 is 14.4. The maximum absolute atomic E-state index is 11.4. The third-order valence-electron chi connectivity index (χ3n) is 1.83. The van der Waals surface area contributed by atoms with E-state index in [2.05, 4.69) is 9.51 Å². The minimum Gasteiger partial charge on any atom is -0.871 e. The molecule has 0 bridgehead atoms. The number of carbonyl (C=O) groups excluding carboxylic acids is 1. The molecule has 0 aliphatic heterocycles. The summed E-state index contributed by atoms with van der Waals surface area (Å²) in [5, 5.41) is 11.4. The molecule has 10 heteroatoms. The van der Waals surface area contributed by atoms with Gasteiger partial charge in [-0.2, -0.15) is 0 Å². The van der Waals surface area contributed by atoms with E-state index >= 15 is 0 Å². The molecule has 0 fully saturated rings. The number of aromatic nitrogens is 1. The van der Waals surface area contributed by atoms with Crippen molar-refractivity contribution in [2.45, 2.75) is 13.5 Å². The van der Waals surface area contributed by atoms with Crippen LogP contribution in [0.2, 0.25) is 0 Å². The summed E-state index contributed by atoms with van der Waals surface area (Å²) in [7, 11) is -4.88. The fourth-order valence-electron chi connectivity index (χ4n) is 1.04. The number of phosphoric ester groups is 1. The van der Waals surface area contributed by atoms with Gasteiger partial charge in [0.05, 0.1) is 6.61 Å². The topological polar surface area (TPSA) is 123 Å². The van der Waals surface area contributed by atoms with Gasteiger partial charge in [0.15, 0.2) is 0 Å². The maximum atomic E-state index is 11.4. The van der Waals surface area contributed by atoms with E-state index in [1.54, 1.807) is 0 Å². The quantitative estimate of drug-likeness (QED) is 0.332. The van der Waals surface area contributed by atoms with Crippen LogP contribution in [0.5, 0.6) is 5.75 Å². The van der Waals surface area contributed by atoms with Gasteiger partial charge in [-0.1, -0.05) is 5.75 Å². The number of carbonyl (C=O) groups is 1. The molecule has 1 N–H and O–H groups in total. The van der Waals surface area contributed by atoms with Crippen molar-refractivity contribution >= 4 is 14.1 Å². The van der Waals surface area contributed by atoms with Crippen molar-refractivity contribution in [3.8, 4) is 5.75 Å². The molecule has 0 saturated heterocycles. The number of aldehydes is 1. The van der Waals surface area contributed by atoms with Crippen molar-refractivity contribution in [1.29, 1.82) is 0 Å². The fraction of sp³-hybridized carbons (Fsp3) is 0.250. The van der Waals surface area contributed by atoms with Crippen LogP contribution in [0.25, 0.3) is 0 Å². The van der Waals surface area contributed by atoms with Gasteiger partial charge in [-0.05, 0) is 6.92 Å². The first-order valence-corrected chi connectivity index (χ1v) is 5.63. The molecule has 1 atom stereocenters. The van der Waals surface area contributed by atoms with Gasteiger partial charge < -0.3 is 19.4 Å². The van der Waals surface area contributed by atoms with Crippen molar-refractivity contribution < 1.29 is 87.9 Å². The second kappa shape index (κ2) is 8.81. The van der Waals surface area contributed by atoms with Crippen molar-refractivity contribution in [1.82, 2.24) is 4.98 Å². The molecular formula is C8H8NNa2O6P. The third kappa shape index (κ3) is 6.25. The molecule has 1 rings (SSSR count). The first kappa shape index (κ1) is 21.0. The average molecular weight is 291 g/mol. The normalized spacial score (nSPS) is 12.8. The minimum absolute atomic E-state index is 0. The van der Waals surface area contributed by atoms with Crippen LogP contribution in [0.3, 0.4) is 0 Å². The Balaban J connectivity index is 0. The van der Waals surface area contributed by atoms with E-state index < -0.39 is 20.2 Å². The Labute approximate surface area is 148 Å². The Hall–Kier alpha value is 0.730. The van der Waals surface area contributed by atoms with Gasteiger partial charge in [-0.15, -0.1) is 0 Å². The fourth-order valence-corrected chi connectivity index (χ4v) is 1.34. The van der Waals surface area contributed by atoms with Gasteiger partial charge in [-0.25, -0.2) is 0 Å². The van der Waals surface area contributed by atoms with Crippen molar-refractivity contribution in [3.05, 3.63) is 23.0 Å². The summed E-state index contributed by atoms with van der Waals surface area (Å²) >= 11 is 0. The Morgan fingerprint density at radius 2 is 2.11 bits per heavy atom. The second-order valence-electron chi connectivity index (χ2n) is 2.97. The van der Waals surface area contributed by atoms with Crippen molar-refractivity contribution in [2.24, 2.45) is 0 Å². The van der Waals surface area contributed by atoms with Crippen LogP contribution < -0.4 is 69.1 Å². The van der Waals surface area contributed by atoms with E-state index in [1.807, 2.05) is 0 Å². The van der Waals surface area contributed by atoms with Gasteiger partial charge in [-0.3, -0.25) is 14.3 Å². The summed E-state index contributed by atoms with van der Waals surface area (Å²) in [4.78, 5) is 33.0. The standard InChI is InChI=1S/C8H10NO6P.2Na/c1-5-8(11)7(3-10)6(2-9-5)4-15-16(12,13)14;;/h2-3,11H,4H2,1H3,(H2,12,13,14);;/q;2*+1/p-2. The molecule has 0 aliphatic rings. The Kier molecular flexibility index (Phi) is 10.3. The Bertz CT molecular complexity index is 463. The monoisotopic (exact) mass is 291 g/mol. The molecule has 88 valence electrons. The van der Waals surface area contributed by atoms with Crippen LogP contribution in [0, 0.1) is 6.92 Å². The second-order valence-corrected chi connectivity index (χ2v) is 4.17. The summed E-state index contributed by atoms with van der Waals surface area (Å²) in [5.41, 5.74) is -0.0863. The summed E-state index contributed by atoms with van der Waals surface area (Å²) in [6.07, 6.45) is 1.44. The van der Waals surface area contributed by atoms with E-state index in [1.165, 1.54) is 6.92 Å². The zero-order chi connectivity index (χ0) is 12.3. The van der Waals surface area contributed by atoms with E-state index in [-0.39, 0.29) is 75.9 Å². The molecule has 1 aromatic rings. The van der Waals surface area contributed by atoms with Crippen LogP contribution in [-0.2, 0) is 15.7 Å². The van der Waals surface area contributed by atoms with E-state index in [0.717, 1.165) is 6.20 Å². The molecule has 1 unspecified atom stereocenters. The van der Waals surface area contributed by atoms with Crippen LogP contribution in [0.1, 0.15) is 21.6 Å². The van der Waals surface area contributed by atoms with Gasteiger partial charge in [0.25, 0.3) is 7.82 Å². The zero-order valence-electron chi connectivity index (χ0n) is 10.2. The average Bonchev–Trinajstić information content (AvgIpc) is 2.18. The molecule has 0 radical (unpaired) electrons. The molecule has 0 spiro atoms. The maximum Gasteiger partial charge on any atom is 1.00 e. The van der Waals surface area contributed by atoms with E-state index in [0.29, 0.717) is 6.29 Å². The molecule has 1 aromatic heterocycles. The first-order chi connectivity index (χ1) is 7.35. The smallest absolute Gasteiger partial charge is 0.871 e. The minimum atomic E-state index is -4.88. The first-order valence-electron chi connectivity index (χ1n) is 4.14. The SMILES string of the molecule is Cc1ncc(COP(=O)([O-])O)c(C=O)c1[O-].[Na+].[Na+]. The predicted octanol–water partition coefficient (Wildman–Crippen LogP) is -6.74. The molecular weight excluding hydrogens is 283 g/mol. The van der Waals surface area contributed by atoms with Crippen molar-refractivity contribution in [2.75, 3.05) is 0 Å². The molecule has 0 aromatic carbocycles. The summed E-state index contributed by atoms with van der Waals surface area (Å²) in [6.45, 7) is 0.818. The molecule has 0 amide bonds. The molecule has 7 nitrogen and oxygen atoms in total. The predicted molar refractivity (Wildman–Crippen MR) is 48.4 cm³/mol. The number of rotatable bonds is 4. The largest absolute Gasteiger partial charge is 1.00 e. The number of hydrogen-bond donors (Lipinski definition) is 1. The van der Waals surface area contributed by atoms with Crippen LogP contribution in [0.15, 0.2) is 6.20 Å². The molecule has 0 aliphatic carbocycles. The van der Waals surface area contributed by atoms with Gasteiger partial charge >= 0.3 is 59.1 Å². The van der Waals surface area contributed by atoms with Gasteiger partial charge in [0.2, 0.25) is 0 Å². The molecule has 1 heterocycles. The van der Waals surface area contributed by atoms with Crippen LogP contribution in [0.4, 0.5) is 0 Å². The van der Waals surface area contributed by atoms with Gasteiger partial charge in [0.1, 0.15) is 6.29 Å². The third-order valence-corrected chi connectivity index (χ3v) is 2.29. The molecule has 0 saturated carbocycles. The summed E-state index contributed by atoms with van der Waals surface area (Å²) in [6, 6.07) is 0. The Morgan fingerprint density at radius 3 is 2.56 bits per heavy atom. The van der Waals surface area contributed by atoms with Gasteiger partial charge in [0, 0.05) is 23.0 Å². The van der Waals surface area contributed by atoms with E-state index in [4.69, 9.17) is 4.89 Å². The van der Waals surface area contributed by atoms with E-state index in [9.17, 15) is 19.4 Å². The molecule has 18 heavy (non-hydrogen) atoms. The number of aryl methyl sites for hydroxylation is 1. The zero-order valence-corrected chi connectivity index (χ0v) is 15.1. The number of pyridine rings is 1. The van der Waals surface area contributed by atoms with Crippen LogP contribution >= 0.6 is 7.82 Å². The Morgan fingerprint density at radius 1 is 1.56 bits per heavy atom. The van der Waals surface area contributed by atoms with Crippen LogP contribution in [-0.4, -0.2) is 16.2 Å².